The summed E-state index contributed by atoms with van der Waals surface area (Å²) >= 11 is 12.1. The molecule has 0 aromatic heterocycles. The van der Waals surface area contributed by atoms with E-state index in [2.05, 4.69) is 12.2 Å². The molecule has 0 spiro atoms. The minimum Gasteiger partial charge on any atom is -0.484 e. The van der Waals surface area contributed by atoms with Gasteiger partial charge in [-0.25, -0.2) is 0 Å². The van der Waals surface area contributed by atoms with Gasteiger partial charge in [-0.05, 0) is 68.1 Å². The predicted molar refractivity (Wildman–Crippen MR) is 126 cm³/mol. The quantitative estimate of drug-likeness (QED) is 0.483. The van der Waals surface area contributed by atoms with Crippen LogP contribution < -0.4 is 10.1 Å². The van der Waals surface area contributed by atoms with E-state index in [1.54, 1.807) is 25.1 Å². The third-order valence-electron chi connectivity index (χ3n) is 4.89. The molecule has 1 N–H and O–H groups in total. The lowest BCUT2D eigenvalue weighted by Crippen LogP contribution is -2.49. The normalized spacial score (nSPS) is 11.7. The molecule has 0 radical (unpaired) electrons. The topological polar surface area (TPSA) is 58.6 Å². The van der Waals surface area contributed by atoms with E-state index in [4.69, 9.17) is 27.9 Å². The molecular weight excluding hydrogens is 435 g/mol. The van der Waals surface area contributed by atoms with Crippen LogP contribution in [0.1, 0.15) is 43.4 Å². The number of halogens is 2. The van der Waals surface area contributed by atoms with Crippen LogP contribution in [0, 0.1) is 13.8 Å². The molecule has 5 nitrogen and oxygen atoms in total. The van der Waals surface area contributed by atoms with Crippen LogP contribution in [0.4, 0.5) is 0 Å². The van der Waals surface area contributed by atoms with Crippen LogP contribution in [-0.4, -0.2) is 35.9 Å². The Labute approximate surface area is 194 Å². The molecule has 0 heterocycles. The summed E-state index contributed by atoms with van der Waals surface area (Å²) in [6, 6.07) is 10.3. The minimum atomic E-state index is -0.665. The van der Waals surface area contributed by atoms with Gasteiger partial charge in [-0.3, -0.25) is 9.59 Å². The Balaban J connectivity index is 2.16. The van der Waals surface area contributed by atoms with Gasteiger partial charge in [-0.1, -0.05) is 48.7 Å². The first kappa shape index (κ1) is 25.0. The van der Waals surface area contributed by atoms with Crippen LogP contribution in [0.2, 0.25) is 10.0 Å². The molecular formula is C24H30Cl2N2O3. The lowest BCUT2D eigenvalue weighted by Gasteiger charge is -2.29. The smallest absolute Gasteiger partial charge is 0.261 e. The number of benzene rings is 2. The molecule has 1 atom stereocenters. The highest BCUT2D eigenvalue weighted by atomic mass is 35.5. The summed E-state index contributed by atoms with van der Waals surface area (Å²) in [6.07, 6.45) is 1.86. The van der Waals surface area contributed by atoms with Crippen molar-refractivity contribution in [2.24, 2.45) is 0 Å². The van der Waals surface area contributed by atoms with Crippen molar-refractivity contribution in [1.82, 2.24) is 10.2 Å². The molecule has 0 unspecified atom stereocenters. The summed E-state index contributed by atoms with van der Waals surface area (Å²) in [5.74, 6) is 0.136. The van der Waals surface area contributed by atoms with Crippen molar-refractivity contribution < 1.29 is 14.3 Å². The lowest BCUT2D eigenvalue weighted by atomic mass is 10.1. The lowest BCUT2D eigenvalue weighted by molar-refractivity contribution is -0.142. The number of hydrogen-bond donors (Lipinski definition) is 1. The maximum absolute atomic E-state index is 13.1. The van der Waals surface area contributed by atoms with E-state index in [1.807, 2.05) is 32.0 Å². The number of aryl methyl sites for hydroxylation is 2. The molecule has 2 rings (SSSR count). The number of rotatable bonds is 10. The van der Waals surface area contributed by atoms with Gasteiger partial charge in [0.2, 0.25) is 5.91 Å². The Morgan fingerprint density at radius 3 is 2.35 bits per heavy atom. The third-order valence-corrected chi connectivity index (χ3v) is 5.63. The van der Waals surface area contributed by atoms with Crippen molar-refractivity contribution in [2.45, 2.75) is 53.1 Å². The number of unbranched alkanes of at least 4 members (excludes halogenated alkanes) is 1. The molecule has 7 heteroatoms. The second-order valence-corrected chi connectivity index (χ2v) is 8.52. The van der Waals surface area contributed by atoms with Gasteiger partial charge >= 0.3 is 0 Å². The molecule has 0 aliphatic heterocycles. The molecule has 0 bridgehead atoms. The second-order valence-electron chi connectivity index (χ2n) is 7.70. The Hall–Kier alpha value is -2.24. The van der Waals surface area contributed by atoms with E-state index in [-0.39, 0.29) is 25.0 Å². The number of carbonyl (C=O) groups excluding carboxylic acids is 2. The number of ether oxygens (including phenoxy) is 1. The Morgan fingerprint density at radius 2 is 1.74 bits per heavy atom. The standard InChI is InChI=1S/C24H30Cl2N2O3/c1-5-6-9-27-24(30)18(4)28(14-19-7-8-21(25)22(26)13-19)23(29)15-31-20-11-16(2)10-17(3)12-20/h7-8,10-13,18H,5-6,9,14-15H2,1-4H3,(H,27,30)/t18-/m1/s1. The highest BCUT2D eigenvalue weighted by molar-refractivity contribution is 6.42. The zero-order valence-corrected chi connectivity index (χ0v) is 20.0. The van der Waals surface area contributed by atoms with Gasteiger partial charge in [-0.15, -0.1) is 0 Å². The first-order valence-corrected chi connectivity index (χ1v) is 11.2. The fraction of sp³-hybridized carbons (Fsp3) is 0.417. The van der Waals surface area contributed by atoms with Crippen LogP contribution in [0.15, 0.2) is 36.4 Å². The predicted octanol–water partition coefficient (Wildman–Crippen LogP) is 5.32. The summed E-state index contributed by atoms with van der Waals surface area (Å²) in [4.78, 5) is 27.2. The second kappa shape index (κ2) is 12.0. The minimum absolute atomic E-state index is 0.170. The molecule has 0 saturated heterocycles. The Kier molecular flexibility index (Phi) is 9.66. The molecule has 168 valence electrons. The number of hydrogen-bond acceptors (Lipinski definition) is 3. The first-order chi connectivity index (χ1) is 14.7. The zero-order valence-electron chi connectivity index (χ0n) is 18.5. The molecule has 2 amide bonds. The van der Waals surface area contributed by atoms with Gasteiger partial charge in [0.1, 0.15) is 11.8 Å². The molecule has 2 aromatic carbocycles. The van der Waals surface area contributed by atoms with E-state index >= 15 is 0 Å². The maximum atomic E-state index is 13.1. The summed E-state index contributed by atoms with van der Waals surface area (Å²) in [5, 5.41) is 3.73. The van der Waals surface area contributed by atoms with Crippen LogP contribution in [-0.2, 0) is 16.1 Å². The summed E-state index contributed by atoms with van der Waals surface area (Å²) in [5.41, 5.74) is 2.89. The SMILES string of the molecule is CCCCNC(=O)[C@@H](C)N(Cc1ccc(Cl)c(Cl)c1)C(=O)COc1cc(C)cc(C)c1. The summed E-state index contributed by atoms with van der Waals surface area (Å²) in [7, 11) is 0. The molecule has 0 aliphatic carbocycles. The molecule has 2 aromatic rings. The average Bonchev–Trinajstić information content (AvgIpc) is 2.71. The molecule has 0 fully saturated rings. The Morgan fingerprint density at radius 1 is 1.06 bits per heavy atom. The van der Waals surface area contributed by atoms with E-state index in [0.717, 1.165) is 29.5 Å². The van der Waals surface area contributed by atoms with Crippen molar-refractivity contribution in [3.8, 4) is 5.75 Å². The van der Waals surface area contributed by atoms with Crippen molar-refractivity contribution in [3.05, 3.63) is 63.1 Å². The van der Waals surface area contributed by atoms with Gasteiger partial charge in [0, 0.05) is 13.1 Å². The first-order valence-electron chi connectivity index (χ1n) is 10.4. The van der Waals surface area contributed by atoms with Crippen molar-refractivity contribution in [3.63, 3.8) is 0 Å². The number of amides is 2. The number of carbonyl (C=O) groups is 2. The number of nitrogens with one attached hydrogen (secondary N) is 1. The molecule has 0 aliphatic rings. The fourth-order valence-corrected chi connectivity index (χ4v) is 3.52. The summed E-state index contributed by atoms with van der Waals surface area (Å²) in [6.45, 7) is 8.34. The van der Waals surface area contributed by atoms with Crippen molar-refractivity contribution in [1.29, 1.82) is 0 Å². The fourth-order valence-electron chi connectivity index (χ4n) is 3.20. The van der Waals surface area contributed by atoms with E-state index in [9.17, 15) is 9.59 Å². The highest BCUT2D eigenvalue weighted by Gasteiger charge is 2.26. The van der Waals surface area contributed by atoms with Crippen molar-refractivity contribution >= 4 is 35.0 Å². The zero-order chi connectivity index (χ0) is 23.0. The van der Waals surface area contributed by atoms with Crippen molar-refractivity contribution in [2.75, 3.05) is 13.2 Å². The monoisotopic (exact) mass is 464 g/mol. The van der Waals surface area contributed by atoms with E-state index in [1.165, 1.54) is 4.90 Å². The van der Waals surface area contributed by atoms with Gasteiger partial charge in [0.15, 0.2) is 6.61 Å². The van der Waals surface area contributed by atoms with E-state index in [0.29, 0.717) is 22.3 Å². The summed E-state index contributed by atoms with van der Waals surface area (Å²) < 4.78 is 5.75. The average molecular weight is 465 g/mol. The van der Waals surface area contributed by atoms with Crippen LogP contribution in [0.25, 0.3) is 0 Å². The largest absolute Gasteiger partial charge is 0.484 e. The Bertz CT molecular complexity index is 897. The van der Waals surface area contributed by atoms with Crippen LogP contribution in [0.5, 0.6) is 5.75 Å². The number of nitrogens with zero attached hydrogens (tertiary/aromatic N) is 1. The molecule has 31 heavy (non-hydrogen) atoms. The van der Waals surface area contributed by atoms with Gasteiger partial charge in [0.25, 0.3) is 5.91 Å². The van der Waals surface area contributed by atoms with Gasteiger partial charge in [-0.2, -0.15) is 0 Å². The van der Waals surface area contributed by atoms with E-state index < -0.39 is 6.04 Å². The molecule has 0 saturated carbocycles. The highest BCUT2D eigenvalue weighted by Crippen LogP contribution is 2.24. The third kappa shape index (κ3) is 7.75. The van der Waals surface area contributed by atoms with Gasteiger partial charge < -0.3 is 15.0 Å². The maximum Gasteiger partial charge on any atom is 0.261 e. The van der Waals surface area contributed by atoms with Gasteiger partial charge in [0.05, 0.1) is 10.0 Å². The van der Waals surface area contributed by atoms with Crippen LogP contribution in [0.3, 0.4) is 0 Å². The van der Waals surface area contributed by atoms with Crippen LogP contribution >= 0.6 is 23.2 Å².